The number of hydrogen-bond donors (Lipinski definition) is 0. The van der Waals surface area contributed by atoms with Crippen molar-refractivity contribution < 1.29 is 22.1 Å². The lowest BCUT2D eigenvalue weighted by molar-refractivity contribution is 0.0316. The summed E-state index contributed by atoms with van der Waals surface area (Å²) in [5.41, 5.74) is 1.20. The zero-order valence-electron chi connectivity index (χ0n) is 15.7. The topological polar surface area (TPSA) is 72.9 Å². The van der Waals surface area contributed by atoms with Crippen LogP contribution < -0.4 is 0 Å². The highest BCUT2D eigenvalue weighted by atomic mass is 32.2. The van der Waals surface area contributed by atoms with Gasteiger partial charge >= 0.3 is 6.09 Å². The molecule has 0 saturated carbocycles. The molecule has 1 rings (SSSR count). The first-order valence-corrected chi connectivity index (χ1v) is 9.42. The summed E-state index contributed by atoms with van der Waals surface area (Å²) in [7, 11) is -3.86. The van der Waals surface area contributed by atoms with Crippen molar-refractivity contribution in [1.82, 2.24) is 4.90 Å². The maximum absolute atomic E-state index is 12.2. The second-order valence-corrected chi connectivity index (χ2v) is 8.58. The van der Waals surface area contributed by atoms with Gasteiger partial charge in [0.15, 0.2) is 0 Å². The van der Waals surface area contributed by atoms with Gasteiger partial charge in [-0.3, -0.25) is 9.08 Å². The number of rotatable bonds is 6. The van der Waals surface area contributed by atoms with Crippen LogP contribution in [0.2, 0.25) is 0 Å². The van der Waals surface area contributed by atoms with Crippen LogP contribution in [0.25, 0.3) is 0 Å². The molecule has 0 aliphatic heterocycles. The number of nitrogens with zero attached hydrogens (tertiary/aromatic N) is 1. The van der Waals surface area contributed by atoms with E-state index in [4.69, 9.17) is 8.92 Å². The third kappa shape index (κ3) is 7.70. The molecule has 1 aromatic carbocycles. The maximum atomic E-state index is 12.2. The van der Waals surface area contributed by atoms with Gasteiger partial charge < -0.3 is 4.74 Å². The molecule has 25 heavy (non-hydrogen) atoms. The summed E-state index contributed by atoms with van der Waals surface area (Å²) >= 11 is 0. The summed E-state index contributed by atoms with van der Waals surface area (Å²) < 4.78 is 34.7. The number of amides is 1. The van der Waals surface area contributed by atoms with E-state index in [1.807, 2.05) is 20.8 Å². The van der Waals surface area contributed by atoms with Crippen molar-refractivity contribution in [2.24, 2.45) is 0 Å². The molecule has 0 unspecified atom stereocenters. The number of aryl methyl sites for hydroxylation is 1. The van der Waals surface area contributed by atoms with Gasteiger partial charge in [0.2, 0.25) is 0 Å². The number of benzene rings is 1. The van der Waals surface area contributed by atoms with Gasteiger partial charge in [-0.1, -0.05) is 23.3 Å². The molecule has 0 heterocycles. The van der Waals surface area contributed by atoms with Crippen LogP contribution in [0, 0.1) is 6.92 Å². The summed E-state index contributed by atoms with van der Waals surface area (Å²) in [6.45, 7) is 10.7. The Hall–Kier alpha value is -1.86. The molecular formula is C18H27NO5S. The normalized spacial score (nSPS) is 11.8. The van der Waals surface area contributed by atoms with Crippen LogP contribution in [0.3, 0.4) is 0 Å². The largest absolute Gasteiger partial charge is 0.443 e. The number of carbonyl (C=O) groups excluding carboxylic acids is 1. The van der Waals surface area contributed by atoms with Gasteiger partial charge in [0.05, 0.1) is 18.0 Å². The summed E-state index contributed by atoms with van der Waals surface area (Å²) in [6.07, 6.45) is 1.06. The Kier molecular flexibility index (Phi) is 7.19. The van der Waals surface area contributed by atoms with E-state index in [0.717, 1.165) is 11.1 Å². The van der Waals surface area contributed by atoms with Crippen molar-refractivity contribution in [2.75, 3.05) is 13.2 Å². The Morgan fingerprint density at radius 3 is 2.20 bits per heavy atom. The fourth-order valence-corrected chi connectivity index (χ4v) is 2.76. The van der Waals surface area contributed by atoms with Crippen LogP contribution in [0.15, 0.2) is 40.9 Å². The molecule has 0 spiro atoms. The van der Waals surface area contributed by atoms with Gasteiger partial charge in [-0.05, 0) is 53.7 Å². The van der Waals surface area contributed by atoms with Crippen LogP contribution in [0.4, 0.5) is 4.79 Å². The Morgan fingerprint density at radius 1 is 1.16 bits per heavy atom. The third-order valence-corrected chi connectivity index (χ3v) is 4.25. The molecule has 1 amide bonds. The van der Waals surface area contributed by atoms with Crippen molar-refractivity contribution >= 4 is 16.2 Å². The lowest BCUT2D eigenvalue weighted by Crippen LogP contribution is -2.35. The number of carbonyl (C=O) groups is 1. The molecule has 0 aliphatic carbocycles. The highest BCUT2D eigenvalue weighted by molar-refractivity contribution is 7.86. The number of allylic oxidation sites excluding steroid dienone is 1. The van der Waals surface area contributed by atoms with E-state index in [-0.39, 0.29) is 18.0 Å². The van der Waals surface area contributed by atoms with Gasteiger partial charge in [-0.2, -0.15) is 8.42 Å². The number of hydrogen-bond acceptors (Lipinski definition) is 5. The molecule has 0 saturated heterocycles. The fraction of sp³-hybridized carbons (Fsp3) is 0.500. The Balaban J connectivity index is 2.75. The van der Waals surface area contributed by atoms with Crippen molar-refractivity contribution in [3.05, 3.63) is 41.6 Å². The highest BCUT2D eigenvalue weighted by Crippen LogP contribution is 2.14. The van der Waals surface area contributed by atoms with Gasteiger partial charge in [0, 0.05) is 6.20 Å². The van der Waals surface area contributed by atoms with E-state index in [9.17, 15) is 13.2 Å². The minimum atomic E-state index is -3.86. The maximum Gasteiger partial charge on any atom is 0.414 e. The third-order valence-electron chi connectivity index (χ3n) is 2.92. The standard InChI is InChI=1S/C18H27NO5S/c1-14(2)13-19(17(20)24-18(4,5)6)11-12-23-25(21,22)16-9-7-15(3)8-10-16/h7-10,13H,11-12H2,1-6H3. The second-order valence-electron chi connectivity index (χ2n) is 6.97. The van der Waals surface area contributed by atoms with Gasteiger partial charge in [-0.15, -0.1) is 0 Å². The smallest absolute Gasteiger partial charge is 0.414 e. The summed E-state index contributed by atoms with van der Waals surface area (Å²) in [5, 5.41) is 0. The monoisotopic (exact) mass is 369 g/mol. The van der Waals surface area contributed by atoms with E-state index >= 15 is 0 Å². The summed E-state index contributed by atoms with van der Waals surface area (Å²) in [4.78, 5) is 13.6. The first-order chi connectivity index (χ1) is 11.4. The predicted molar refractivity (Wildman–Crippen MR) is 96.7 cm³/mol. The molecule has 0 atom stereocenters. The zero-order chi connectivity index (χ0) is 19.3. The lowest BCUT2D eigenvalue weighted by Gasteiger charge is -2.25. The average molecular weight is 369 g/mol. The van der Waals surface area contributed by atoms with Crippen molar-refractivity contribution in [1.29, 1.82) is 0 Å². The molecule has 140 valence electrons. The second kappa shape index (κ2) is 8.49. The minimum absolute atomic E-state index is 0.0607. The molecule has 7 heteroatoms. The van der Waals surface area contributed by atoms with Gasteiger partial charge in [0.25, 0.3) is 10.1 Å². The fourth-order valence-electron chi connectivity index (χ4n) is 1.86. The van der Waals surface area contributed by atoms with Gasteiger partial charge in [-0.25, -0.2) is 4.79 Å². The molecule has 1 aromatic rings. The molecule has 0 bridgehead atoms. The molecule has 0 aromatic heterocycles. The van der Waals surface area contributed by atoms with Crippen LogP contribution in [-0.4, -0.2) is 38.2 Å². The van der Waals surface area contributed by atoms with Crippen molar-refractivity contribution in [3.8, 4) is 0 Å². The first-order valence-electron chi connectivity index (χ1n) is 8.01. The highest BCUT2D eigenvalue weighted by Gasteiger charge is 2.22. The van der Waals surface area contributed by atoms with Crippen LogP contribution >= 0.6 is 0 Å². The van der Waals surface area contributed by atoms with Crippen LogP contribution in [0.1, 0.15) is 40.2 Å². The first kappa shape index (κ1) is 21.2. The SMILES string of the molecule is CC(C)=CN(CCOS(=O)(=O)c1ccc(C)cc1)C(=O)OC(C)(C)C. The number of ether oxygens (including phenoxy) is 1. The molecule has 0 aliphatic rings. The van der Waals surface area contributed by atoms with Crippen LogP contribution in [0.5, 0.6) is 0 Å². The van der Waals surface area contributed by atoms with E-state index in [2.05, 4.69) is 0 Å². The summed E-state index contributed by atoms with van der Waals surface area (Å²) in [5.74, 6) is 0. The molecular weight excluding hydrogens is 342 g/mol. The Labute approximate surface area is 150 Å². The van der Waals surface area contributed by atoms with E-state index in [1.165, 1.54) is 17.0 Å². The predicted octanol–water partition coefficient (Wildman–Crippen LogP) is 3.86. The molecule has 6 nitrogen and oxygen atoms in total. The lowest BCUT2D eigenvalue weighted by atomic mass is 10.2. The van der Waals surface area contributed by atoms with E-state index in [1.54, 1.807) is 39.1 Å². The minimum Gasteiger partial charge on any atom is -0.443 e. The van der Waals surface area contributed by atoms with E-state index in [0.29, 0.717) is 0 Å². The zero-order valence-corrected chi connectivity index (χ0v) is 16.5. The molecule has 0 fully saturated rings. The van der Waals surface area contributed by atoms with Crippen molar-refractivity contribution in [2.45, 2.75) is 52.0 Å². The van der Waals surface area contributed by atoms with Crippen LogP contribution in [-0.2, 0) is 19.0 Å². The van der Waals surface area contributed by atoms with E-state index < -0.39 is 21.8 Å². The molecule has 0 N–H and O–H groups in total. The Morgan fingerprint density at radius 2 is 1.72 bits per heavy atom. The quantitative estimate of drug-likeness (QED) is 0.712. The van der Waals surface area contributed by atoms with Crippen molar-refractivity contribution in [3.63, 3.8) is 0 Å². The summed E-state index contributed by atoms with van der Waals surface area (Å²) in [6, 6.07) is 6.39. The molecule has 0 radical (unpaired) electrons. The van der Waals surface area contributed by atoms with Gasteiger partial charge in [0.1, 0.15) is 5.60 Å². The Bertz CT molecular complexity index is 711. The average Bonchev–Trinajstić information content (AvgIpc) is 2.44.